The Hall–Kier alpha value is -1.20. The van der Waals surface area contributed by atoms with Crippen LogP contribution < -0.4 is 16.4 Å². The van der Waals surface area contributed by atoms with Gasteiger partial charge in [0.05, 0.1) is 17.6 Å². The molecule has 0 saturated carbocycles. The predicted molar refractivity (Wildman–Crippen MR) is 127 cm³/mol. The Labute approximate surface area is 177 Å². The van der Waals surface area contributed by atoms with E-state index in [2.05, 4.69) is 67.8 Å². The third kappa shape index (κ3) is 8.04. The molecule has 28 heavy (non-hydrogen) atoms. The first-order chi connectivity index (χ1) is 13.5. The van der Waals surface area contributed by atoms with Gasteiger partial charge in [0.1, 0.15) is 5.03 Å². The summed E-state index contributed by atoms with van der Waals surface area (Å²) in [6.45, 7) is 14.0. The van der Waals surface area contributed by atoms with Gasteiger partial charge in [-0.25, -0.2) is 4.99 Å². The summed E-state index contributed by atoms with van der Waals surface area (Å²) in [7, 11) is 0. The fourth-order valence-electron chi connectivity index (χ4n) is 3.56. The Morgan fingerprint density at radius 3 is 2.50 bits per heavy atom. The van der Waals surface area contributed by atoms with Crippen LogP contribution in [0.2, 0.25) is 0 Å². The van der Waals surface area contributed by atoms with Crippen molar-refractivity contribution in [3.8, 4) is 0 Å². The van der Waals surface area contributed by atoms with E-state index in [9.17, 15) is 0 Å². The smallest absolute Gasteiger partial charge is 0.123 e. The molecule has 3 unspecified atom stereocenters. The van der Waals surface area contributed by atoms with E-state index >= 15 is 0 Å². The molecular weight excluding hydrogens is 364 g/mol. The van der Waals surface area contributed by atoms with Crippen LogP contribution in [0.15, 0.2) is 38.9 Å². The Morgan fingerprint density at radius 2 is 2.04 bits per heavy atom. The van der Waals surface area contributed by atoms with Gasteiger partial charge in [-0.15, -0.1) is 0 Å². The molecule has 1 aliphatic heterocycles. The van der Waals surface area contributed by atoms with Gasteiger partial charge in [0.15, 0.2) is 0 Å². The molecule has 0 aromatic heterocycles. The quantitative estimate of drug-likeness (QED) is 0.209. The van der Waals surface area contributed by atoms with Crippen LogP contribution in [-0.2, 0) is 0 Å². The molecule has 0 amide bonds. The van der Waals surface area contributed by atoms with Gasteiger partial charge in [-0.3, -0.25) is 0 Å². The molecule has 3 atom stereocenters. The zero-order valence-corrected chi connectivity index (χ0v) is 19.7. The van der Waals surface area contributed by atoms with E-state index in [0.29, 0.717) is 23.8 Å². The second kappa shape index (κ2) is 13.9. The fourth-order valence-corrected chi connectivity index (χ4v) is 4.50. The van der Waals surface area contributed by atoms with Crippen LogP contribution in [-0.4, -0.2) is 24.5 Å². The summed E-state index contributed by atoms with van der Waals surface area (Å²) in [5, 5.41) is 10.4. The van der Waals surface area contributed by atoms with Crippen molar-refractivity contribution in [1.29, 1.82) is 0 Å². The molecular formula is C23H42N4S. The molecule has 0 aliphatic carbocycles. The van der Waals surface area contributed by atoms with E-state index in [1.54, 1.807) is 11.8 Å². The fraction of sp³-hybridized carbons (Fsp3) is 0.696. The number of hydrogen-bond donors (Lipinski definition) is 3. The maximum Gasteiger partial charge on any atom is 0.123 e. The van der Waals surface area contributed by atoms with E-state index in [4.69, 9.17) is 5.73 Å². The number of hydrogen-bond acceptors (Lipinski definition) is 4. The lowest BCUT2D eigenvalue weighted by atomic mass is 9.93. The summed E-state index contributed by atoms with van der Waals surface area (Å²) >= 11 is 1.68. The molecule has 5 heteroatoms. The first kappa shape index (κ1) is 24.8. The van der Waals surface area contributed by atoms with Crippen molar-refractivity contribution in [2.75, 3.05) is 6.54 Å². The number of rotatable bonds is 13. The largest absolute Gasteiger partial charge is 0.387 e. The Bertz CT molecular complexity index is 573. The number of amidine groups is 1. The maximum absolute atomic E-state index is 5.92. The standard InChI is InChI=1S/C23H42N4S/c1-7-12-18(9-3)19(10-4)14-15-28-23(26-17(6)24)22-21(16-25-22)27-20(11-5)13-8-2/h12,14-15,19-21,25,27H,7-11,13,16H2,1-6H3,(H2,24,26)/b15-14+,18-12-,23-22-. The first-order valence-electron chi connectivity index (χ1n) is 11.1. The van der Waals surface area contributed by atoms with Crippen molar-refractivity contribution >= 4 is 17.6 Å². The Morgan fingerprint density at radius 1 is 1.29 bits per heavy atom. The number of thioether (sulfide) groups is 1. The number of aliphatic imine (C=N–C) groups is 1. The van der Waals surface area contributed by atoms with Crippen molar-refractivity contribution in [1.82, 2.24) is 10.6 Å². The number of nitrogens with zero attached hydrogens (tertiary/aromatic N) is 1. The van der Waals surface area contributed by atoms with Gasteiger partial charge in [-0.1, -0.05) is 70.5 Å². The number of nitrogens with two attached hydrogens (primary N) is 1. The second-order valence-corrected chi connectivity index (χ2v) is 8.36. The minimum atomic E-state index is 0.351. The van der Waals surface area contributed by atoms with E-state index in [1.807, 2.05) is 6.92 Å². The zero-order valence-electron chi connectivity index (χ0n) is 18.8. The monoisotopic (exact) mass is 406 g/mol. The topological polar surface area (TPSA) is 62.4 Å². The lowest BCUT2D eigenvalue weighted by Crippen LogP contribution is -2.56. The summed E-state index contributed by atoms with van der Waals surface area (Å²) in [6.07, 6.45) is 11.6. The molecule has 160 valence electrons. The van der Waals surface area contributed by atoms with Gasteiger partial charge in [0.25, 0.3) is 0 Å². The summed E-state index contributed by atoms with van der Waals surface area (Å²) in [5.41, 5.74) is 8.63. The van der Waals surface area contributed by atoms with Gasteiger partial charge in [-0.05, 0) is 50.4 Å². The van der Waals surface area contributed by atoms with Crippen molar-refractivity contribution < 1.29 is 0 Å². The third-order valence-corrected chi connectivity index (χ3v) is 6.03. The van der Waals surface area contributed by atoms with Crippen LogP contribution in [0.5, 0.6) is 0 Å². The summed E-state index contributed by atoms with van der Waals surface area (Å²) in [4.78, 5) is 4.62. The van der Waals surface area contributed by atoms with Crippen molar-refractivity contribution in [3.05, 3.63) is 33.9 Å². The molecule has 0 radical (unpaired) electrons. The van der Waals surface area contributed by atoms with Crippen LogP contribution in [0.3, 0.4) is 0 Å². The van der Waals surface area contributed by atoms with Crippen LogP contribution in [0.1, 0.15) is 80.1 Å². The number of nitrogens with one attached hydrogen (secondary N) is 2. The molecule has 1 aliphatic rings. The molecule has 1 heterocycles. The molecule has 4 nitrogen and oxygen atoms in total. The van der Waals surface area contributed by atoms with Gasteiger partial charge in [-0.2, -0.15) is 0 Å². The minimum Gasteiger partial charge on any atom is -0.387 e. The highest BCUT2D eigenvalue weighted by Gasteiger charge is 2.28. The average Bonchev–Trinajstić information content (AvgIpc) is 2.65. The van der Waals surface area contributed by atoms with E-state index in [0.717, 1.165) is 37.3 Å². The van der Waals surface area contributed by atoms with Crippen LogP contribution >= 0.6 is 11.8 Å². The predicted octanol–water partition coefficient (Wildman–Crippen LogP) is 5.69. The van der Waals surface area contributed by atoms with Crippen molar-refractivity contribution in [2.24, 2.45) is 16.6 Å². The summed E-state index contributed by atoms with van der Waals surface area (Å²) < 4.78 is 0. The summed E-state index contributed by atoms with van der Waals surface area (Å²) in [5.74, 6) is 1.10. The molecule has 0 aromatic rings. The Balaban J connectivity index is 2.92. The molecule has 0 bridgehead atoms. The maximum atomic E-state index is 5.92. The van der Waals surface area contributed by atoms with Crippen LogP contribution in [0, 0.1) is 5.92 Å². The van der Waals surface area contributed by atoms with E-state index in [-0.39, 0.29) is 0 Å². The second-order valence-electron chi connectivity index (χ2n) is 7.47. The highest BCUT2D eigenvalue weighted by molar-refractivity contribution is 8.05. The van der Waals surface area contributed by atoms with Crippen molar-refractivity contribution in [2.45, 2.75) is 92.2 Å². The van der Waals surface area contributed by atoms with Gasteiger partial charge < -0.3 is 16.4 Å². The molecule has 1 fully saturated rings. The Kier molecular flexibility index (Phi) is 12.3. The van der Waals surface area contributed by atoms with E-state index < -0.39 is 0 Å². The lowest BCUT2D eigenvalue weighted by Gasteiger charge is -2.36. The number of allylic oxidation sites excluding steroid dienone is 3. The molecule has 4 N–H and O–H groups in total. The van der Waals surface area contributed by atoms with Crippen molar-refractivity contribution in [3.63, 3.8) is 0 Å². The zero-order chi connectivity index (χ0) is 20.9. The first-order valence-corrected chi connectivity index (χ1v) is 11.9. The third-order valence-electron chi connectivity index (χ3n) is 5.20. The normalized spacial score (nSPS) is 22.0. The highest BCUT2D eigenvalue weighted by atomic mass is 32.2. The van der Waals surface area contributed by atoms with Crippen LogP contribution in [0.25, 0.3) is 0 Å². The lowest BCUT2D eigenvalue weighted by molar-refractivity contribution is 0.360. The molecule has 0 aromatic carbocycles. The van der Waals surface area contributed by atoms with Gasteiger partial charge in [0.2, 0.25) is 0 Å². The van der Waals surface area contributed by atoms with E-state index in [1.165, 1.54) is 24.1 Å². The highest BCUT2D eigenvalue weighted by Crippen LogP contribution is 2.29. The van der Waals surface area contributed by atoms with Crippen LogP contribution in [0.4, 0.5) is 0 Å². The molecule has 0 spiro atoms. The average molecular weight is 407 g/mol. The SMILES string of the molecule is CC/C=C(/CC)C(/C=C/S/C(N=C(C)N)=C1\NCC1NC(CC)CCC)CC. The van der Waals surface area contributed by atoms with Gasteiger partial charge in [0, 0.05) is 12.6 Å². The molecule has 1 rings (SSSR count). The minimum absolute atomic E-state index is 0.351. The van der Waals surface area contributed by atoms with Gasteiger partial charge >= 0.3 is 0 Å². The molecule has 1 saturated heterocycles. The summed E-state index contributed by atoms with van der Waals surface area (Å²) in [6, 6.07) is 0.913.